The number of thiazole rings is 1. The van der Waals surface area contributed by atoms with Gasteiger partial charge in [0.1, 0.15) is 11.3 Å². The molecule has 2 unspecified atom stereocenters. The number of aliphatic hydroxyl groups excluding tert-OH is 1. The maximum absolute atomic E-state index is 11.7. The topological polar surface area (TPSA) is 97.4 Å². The molecule has 0 saturated heterocycles. The highest BCUT2D eigenvalue weighted by atomic mass is 32.1. The van der Waals surface area contributed by atoms with Gasteiger partial charge in [-0.2, -0.15) is 0 Å². The summed E-state index contributed by atoms with van der Waals surface area (Å²) in [7, 11) is 0. The first-order valence-corrected chi connectivity index (χ1v) is 14.0. The molecule has 39 heavy (non-hydrogen) atoms. The number of hydrogen-bond donors (Lipinski definition) is 5. The molecular formula is C32H33N3O3S. The average molecular weight is 540 g/mol. The van der Waals surface area contributed by atoms with E-state index in [4.69, 9.17) is 0 Å². The van der Waals surface area contributed by atoms with Crippen LogP contribution >= 0.6 is 11.3 Å². The Hall–Kier alpha value is -3.75. The molecule has 0 amide bonds. The highest BCUT2D eigenvalue weighted by molar-refractivity contribution is 7.16. The van der Waals surface area contributed by atoms with Gasteiger partial charge in [0.05, 0.1) is 10.8 Å². The zero-order valence-electron chi connectivity index (χ0n) is 21.9. The summed E-state index contributed by atoms with van der Waals surface area (Å²) in [6.45, 7) is 4.03. The number of H-pyrrole nitrogens is 1. The minimum absolute atomic E-state index is 0.0105. The first kappa shape index (κ1) is 26.8. The largest absolute Gasteiger partial charge is 0.506 e. The van der Waals surface area contributed by atoms with Crippen molar-refractivity contribution in [3.8, 4) is 16.9 Å². The van der Waals surface area contributed by atoms with Gasteiger partial charge in [0.25, 0.3) is 0 Å². The van der Waals surface area contributed by atoms with Gasteiger partial charge < -0.3 is 25.8 Å². The number of aromatic amines is 1. The fraction of sp³-hybridized carbons (Fsp3) is 0.219. The summed E-state index contributed by atoms with van der Waals surface area (Å²) in [6, 6.07) is 31.1. The van der Waals surface area contributed by atoms with E-state index in [0.717, 1.165) is 24.3 Å². The monoisotopic (exact) mass is 539 g/mol. The molecule has 4 aromatic carbocycles. The molecule has 5 N–H and O–H groups in total. The van der Waals surface area contributed by atoms with Gasteiger partial charge in [0.2, 0.25) is 0 Å². The summed E-state index contributed by atoms with van der Waals surface area (Å²) in [5, 5.41) is 27.6. The summed E-state index contributed by atoms with van der Waals surface area (Å²) < 4.78 is 0.592. The fourth-order valence-corrected chi connectivity index (χ4v) is 5.73. The molecule has 0 spiro atoms. The van der Waals surface area contributed by atoms with E-state index < -0.39 is 6.10 Å². The summed E-state index contributed by atoms with van der Waals surface area (Å²) in [5.41, 5.74) is 7.18. The number of benzene rings is 4. The average Bonchev–Trinajstić information content (AvgIpc) is 3.37. The highest BCUT2D eigenvalue weighted by Crippen LogP contribution is 2.31. The predicted octanol–water partition coefficient (Wildman–Crippen LogP) is 5.68. The molecule has 0 aliphatic carbocycles. The van der Waals surface area contributed by atoms with E-state index in [0.29, 0.717) is 28.9 Å². The molecule has 5 rings (SSSR count). The van der Waals surface area contributed by atoms with E-state index in [2.05, 4.69) is 95.3 Å². The van der Waals surface area contributed by atoms with Crippen molar-refractivity contribution in [2.45, 2.75) is 32.0 Å². The van der Waals surface area contributed by atoms with Crippen LogP contribution in [-0.2, 0) is 13.0 Å². The molecule has 0 fully saturated rings. The first-order valence-electron chi connectivity index (χ1n) is 13.2. The Kier molecular flexibility index (Phi) is 8.54. The molecule has 7 heteroatoms. The summed E-state index contributed by atoms with van der Waals surface area (Å²) in [6.07, 6.45) is 0.0458. The molecular weight excluding hydrogens is 506 g/mol. The third-order valence-electron chi connectivity index (χ3n) is 7.06. The van der Waals surface area contributed by atoms with Crippen molar-refractivity contribution in [1.82, 2.24) is 15.6 Å². The van der Waals surface area contributed by atoms with Gasteiger partial charge in [-0.15, -0.1) is 0 Å². The van der Waals surface area contributed by atoms with Crippen LogP contribution in [0.1, 0.15) is 41.3 Å². The molecule has 1 heterocycles. The number of rotatable bonds is 11. The minimum Gasteiger partial charge on any atom is -0.506 e. The van der Waals surface area contributed by atoms with Crippen molar-refractivity contribution in [2.75, 3.05) is 13.1 Å². The van der Waals surface area contributed by atoms with Crippen LogP contribution in [0, 0.1) is 0 Å². The van der Waals surface area contributed by atoms with Gasteiger partial charge in [-0.25, -0.2) is 0 Å². The Morgan fingerprint density at radius 3 is 2.46 bits per heavy atom. The number of aromatic hydroxyl groups is 1. The van der Waals surface area contributed by atoms with Gasteiger partial charge in [-0.3, -0.25) is 4.79 Å². The molecule has 0 bridgehead atoms. The van der Waals surface area contributed by atoms with Crippen molar-refractivity contribution < 1.29 is 10.2 Å². The van der Waals surface area contributed by atoms with Gasteiger partial charge in [0, 0.05) is 24.7 Å². The summed E-state index contributed by atoms with van der Waals surface area (Å²) in [5.74, 6) is 0.0105. The van der Waals surface area contributed by atoms with Crippen LogP contribution < -0.4 is 15.5 Å². The van der Waals surface area contributed by atoms with Gasteiger partial charge in [0.15, 0.2) is 0 Å². The molecule has 0 aliphatic rings. The smallest absolute Gasteiger partial charge is 0.305 e. The normalized spacial score (nSPS) is 13.0. The van der Waals surface area contributed by atoms with Gasteiger partial charge in [-0.1, -0.05) is 96.3 Å². The number of nitrogens with one attached hydrogen (secondary N) is 3. The molecule has 1 aromatic heterocycles. The lowest BCUT2D eigenvalue weighted by Gasteiger charge is -2.17. The SMILES string of the molecule is CC(NCc1ccccc1-c1ccc(CCNCC(O)c2ccc(O)c3[nH]c(=O)sc23)cc1)c1ccccc1. The molecule has 0 saturated carbocycles. The third kappa shape index (κ3) is 6.46. The first-order chi connectivity index (χ1) is 19.0. The fourth-order valence-electron chi connectivity index (χ4n) is 4.81. The zero-order chi connectivity index (χ0) is 27.2. The van der Waals surface area contributed by atoms with Gasteiger partial charge >= 0.3 is 4.87 Å². The Morgan fingerprint density at radius 1 is 0.923 bits per heavy atom. The zero-order valence-corrected chi connectivity index (χ0v) is 22.7. The molecule has 6 nitrogen and oxygen atoms in total. The second kappa shape index (κ2) is 12.4. The van der Waals surface area contributed by atoms with Crippen molar-refractivity contribution in [3.63, 3.8) is 0 Å². The molecule has 200 valence electrons. The summed E-state index contributed by atoms with van der Waals surface area (Å²) >= 11 is 0.998. The number of phenols is 1. The highest BCUT2D eigenvalue weighted by Gasteiger charge is 2.16. The van der Waals surface area contributed by atoms with Crippen LogP contribution in [0.5, 0.6) is 5.75 Å². The van der Waals surface area contributed by atoms with Crippen LogP contribution in [0.4, 0.5) is 0 Å². The van der Waals surface area contributed by atoms with E-state index in [9.17, 15) is 15.0 Å². The van der Waals surface area contributed by atoms with E-state index in [-0.39, 0.29) is 16.7 Å². The predicted molar refractivity (Wildman–Crippen MR) is 159 cm³/mol. The molecule has 2 atom stereocenters. The maximum atomic E-state index is 11.7. The van der Waals surface area contributed by atoms with E-state index in [1.807, 2.05) is 6.07 Å². The number of aliphatic hydroxyl groups is 1. The van der Waals surface area contributed by atoms with Crippen LogP contribution in [-0.4, -0.2) is 28.3 Å². The Balaban J connectivity index is 1.15. The van der Waals surface area contributed by atoms with Crippen LogP contribution in [0.3, 0.4) is 0 Å². The lowest BCUT2D eigenvalue weighted by molar-refractivity contribution is 0.176. The maximum Gasteiger partial charge on any atom is 0.305 e. The Morgan fingerprint density at radius 2 is 1.67 bits per heavy atom. The third-order valence-corrected chi connectivity index (χ3v) is 7.99. The number of aromatic nitrogens is 1. The van der Waals surface area contributed by atoms with Crippen molar-refractivity contribution in [3.05, 3.63) is 123 Å². The van der Waals surface area contributed by atoms with Crippen molar-refractivity contribution >= 4 is 21.6 Å². The van der Waals surface area contributed by atoms with Crippen molar-refractivity contribution in [1.29, 1.82) is 0 Å². The van der Waals surface area contributed by atoms with Crippen molar-refractivity contribution in [2.24, 2.45) is 0 Å². The number of phenolic OH excluding ortho intramolecular Hbond substituents is 1. The lowest BCUT2D eigenvalue weighted by Crippen LogP contribution is -2.23. The van der Waals surface area contributed by atoms with Gasteiger partial charge in [-0.05, 0) is 53.8 Å². The second-order valence-corrected chi connectivity index (χ2v) is 10.7. The molecule has 0 radical (unpaired) electrons. The van der Waals surface area contributed by atoms with E-state index >= 15 is 0 Å². The minimum atomic E-state index is -0.781. The second-order valence-electron chi connectivity index (χ2n) is 9.73. The van der Waals surface area contributed by atoms with Crippen LogP contribution in [0.2, 0.25) is 0 Å². The quantitative estimate of drug-likeness (QED) is 0.139. The summed E-state index contributed by atoms with van der Waals surface area (Å²) in [4.78, 5) is 14.1. The van der Waals surface area contributed by atoms with E-state index in [1.54, 1.807) is 6.07 Å². The van der Waals surface area contributed by atoms with Crippen LogP contribution in [0.25, 0.3) is 21.3 Å². The standard InChI is InChI=1S/C32H33N3O3S/c1-21(23-7-3-2-4-8-23)34-19-25-9-5-6-10-26(25)24-13-11-22(12-14-24)17-18-33-20-29(37)27-15-16-28(36)30-31(27)39-32(38)35-30/h2-16,21,29,33-34,36-37H,17-20H2,1H3,(H,35,38). The van der Waals surface area contributed by atoms with E-state index in [1.165, 1.54) is 33.9 Å². The Bertz CT molecular complexity index is 1580. The number of hydrogen-bond acceptors (Lipinski definition) is 6. The van der Waals surface area contributed by atoms with Crippen LogP contribution in [0.15, 0.2) is 95.8 Å². The lowest BCUT2D eigenvalue weighted by atomic mass is 9.97. The molecule has 5 aromatic rings. The number of fused-ring (bicyclic) bond motifs is 1. The Labute approximate surface area is 232 Å². The molecule has 0 aliphatic heterocycles.